The first-order valence-electron chi connectivity index (χ1n) is 6.05. The molecule has 0 unspecified atom stereocenters. The first-order chi connectivity index (χ1) is 9.58. The van der Waals surface area contributed by atoms with Crippen LogP contribution in [0.1, 0.15) is 26.5 Å². The molecule has 0 saturated carbocycles. The van der Waals surface area contributed by atoms with Crippen LogP contribution in [0.5, 0.6) is 0 Å². The van der Waals surface area contributed by atoms with Crippen LogP contribution in [0.3, 0.4) is 0 Å². The van der Waals surface area contributed by atoms with Crippen LogP contribution in [0.4, 0.5) is 0 Å². The van der Waals surface area contributed by atoms with Crippen molar-refractivity contribution in [3.63, 3.8) is 0 Å². The number of rotatable bonds is 5. The number of aromatic nitrogens is 1. The maximum absolute atomic E-state index is 12.0. The van der Waals surface area contributed by atoms with E-state index in [9.17, 15) is 9.59 Å². The monoisotopic (exact) mass is 290 g/mol. The van der Waals surface area contributed by atoms with Gasteiger partial charge in [-0.05, 0) is 18.1 Å². The first-order valence-corrected chi connectivity index (χ1v) is 6.92. The number of hydrogen-bond donors (Lipinski definition) is 2. The van der Waals surface area contributed by atoms with E-state index in [2.05, 4.69) is 10.3 Å². The lowest BCUT2D eigenvalue weighted by atomic mass is 10.0. The fraction of sp³-hybridized carbons (Fsp3) is 0.214. The average molecular weight is 290 g/mol. The van der Waals surface area contributed by atoms with E-state index in [1.807, 2.05) is 12.1 Å². The summed E-state index contributed by atoms with van der Waals surface area (Å²) in [5.74, 6) is -1.07. The number of nitrogens with one attached hydrogen (secondary N) is 1. The summed E-state index contributed by atoms with van der Waals surface area (Å²) in [6, 6.07) is 7.19. The Balaban J connectivity index is 2.06. The molecule has 0 spiro atoms. The number of carbonyl (C=O) groups excluding carboxylic acids is 1. The smallest absolute Gasteiger partial charge is 0.307 e. The maximum atomic E-state index is 12.0. The van der Waals surface area contributed by atoms with E-state index in [-0.39, 0.29) is 12.3 Å². The molecule has 0 saturated heterocycles. The van der Waals surface area contributed by atoms with Crippen molar-refractivity contribution in [2.45, 2.75) is 19.9 Å². The number of benzene rings is 1. The van der Waals surface area contributed by atoms with Gasteiger partial charge in [-0.1, -0.05) is 24.3 Å². The largest absolute Gasteiger partial charge is 0.481 e. The number of aryl methyl sites for hydroxylation is 1. The van der Waals surface area contributed by atoms with Crippen LogP contribution in [0.25, 0.3) is 0 Å². The summed E-state index contributed by atoms with van der Waals surface area (Å²) in [7, 11) is 0. The van der Waals surface area contributed by atoms with E-state index in [1.165, 1.54) is 11.3 Å². The lowest BCUT2D eigenvalue weighted by Crippen LogP contribution is -2.23. The highest BCUT2D eigenvalue weighted by Gasteiger charge is 2.12. The van der Waals surface area contributed by atoms with Crippen LogP contribution in [-0.4, -0.2) is 22.0 Å². The lowest BCUT2D eigenvalue weighted by Gasteiger charge is -2.09. The Kier molecular flexibility index (Phi) is 4.47. The molecule has 2 rings (SSSR count). The van der Waals surface area contributed by atoms with Crippen LogP contribution in [0.2, 0.25) is 0 Å². The van der Waals surface area contributed by atoms with Gasteiger partial charge in [0.15, 0.2) is 0 Å². The Labute approximate surface area is 120 Å². The molecule has 0 aliphatic rings. The van der Waals surface area contributed by atoms with Gasteiger partial charge >= 0.3 is 5.97 Å². The molecule has 0 aliphatic heterocycles. The van der Waals surface area contributed by atoms with Crippen molar-refractivity contribution in [1.29, 1.82) is 0 Å². The van der Waals surface area contributed by atoms with Gasteiger partial charge in [0.05, 0.1) is 17.6 Å². The third-order valence-corrected chi connectivity index (χ3v) is 3.78. The van der Waals surface area contributed by atoms with Crippen LogP contribution in [0, 0.1) is 6.92 Å². The van der Waals surface area contributed by atoms with Crippen molar-refractivity contribution >= 4 is 23.2 Å². The number of hydrogen-bond acceptors (Lipinski definition) is 4. The molecule has 0 bridgehead atoms. The van der Waals surface area contributed by atoms with Crippen molar-refractivity contribution in [2.24, 2.45) is 0 Å². The molecule has 0 aliphatic carbocycles. The molecule has 1 aromatic carbocycles. The molecular weight excluding hydrogens is 276 g/mol. The van der Waals surface area contributed by atoms with E-state index >= 15 is 0 Å². The zero-order valence-corrected chi connectivity index (χ0v) is 11.7. The van der Waals surface area contributed by atoms with Gasteiger partial charge < -0.3 is 10.4 Å². The molecule has 104 valence electrons. The van der Waals surface area contributed by atoms with Gasteiger partial charge in [0.2, 0.25) is 0 Å². The molecule has 0 radical (unpaired) electrons. The van der Waals surface area contributed by atoms with E-state index < -0.39 is 5.97 Å². The first kappa shape index (κ1) is 14.2. The van der Waals surface area contributed by atoms with Gasteiger partial charge in [-0.3, -0.25) is 9.59 Å². The molecule has 2 N–H and O–H groups in total. The van der Waals surface area contributed by atoms with Crippen molar-refractivity contribution in [3.8, 4) is 0 Å². The third-order valence-electron chi connectivity index (χ3n) is 2.85. The Hall–Kier alpha value is -2.21. The number of carboxylic acids is 1. The minimum Gasteiger partial charge on any atom is -0.481 e. The van der Waals surface area contributed by atoms with Crippen molar-refractivity contribution in [3.05, 3.63) is 51.5 Å². The third kappa shape index (κ3) is 3.42. The molecule has 0 atom stereocenters. The summed E-state index contributed by atoms with van der Waals surface area (Å²) in [6.45, 7) is 2.09. The van der Waals surface area contributed by atoms with Gasteiger partial charge in [0, 0.05) is 6.54 Å². The molecule has 0 fully saturated rings. The fourth-order valence-corrected chi connectivity index (χ4v) is 2.56. The number of carboxylic acid groups (broad SMARTS) is 1. The minimum atomic E-state index is -0.887. The fourth-order valence-electron chi connectivity index (χ4n) is 1.84. The molecule has 6 heteroatoms. The van der Waals surface area contributed by atoms with E-state index in [4.69, 9.17) is 5.11 Å². The number of aliphatic carboxylic acids is 1. The predicted molar refractivity (Wildman–Crippen MR) is 75.8 cm³/mol. The molecule has 1 aromatic heterocycles. The summed E-state index contributed by atoms with van der Waals surface area (Å²) in [4.78, 5) is 27.4. The molecule has 20 heavy (non-hydrogen) atoms. The highest BCUT2D eigenvalue weighted by Crippen LogP contribution is 2.13. The van der Waals surface area contributed by atoms with Crippen LogP contribution < -0.4 is 5.32 Å². The number of nitrogens with zero attached hydrogens (tertiary/aromatic N) is 1. The van der Waals surface area contributed by atoms with Crippen molar-refractivity contribution < 1.29 is 14.7 Å². The van der Waals surface area contributed by atoms with Gasteiger partial charge in [0.25, 0.3) is 5.91 Å². The Bertz CT molecular complexity index is 637. The molecule has 5 nitrogen and oxygen atoms in total. The summed E-state index contributed by atoms with van der Waals surface area (Å²) in [5.41, 5.74) is 3.85. The number of carbonyl (C=O) groups is 2. The van der Waals surface area contributed by atoms with Crippen LogP contribution in [-0.2, 0) is 17.8 Å². The highest BCUT2D eigenvalue weighted by atomic mass is 32.1. The second-order valence-electron chi connectivity index (χ2n) is 4.29. The summed E-state index contributed by atoms with van der Waals surface area (Å²) >= 11 is 1.29. The Morgan fingerprint density at radius 1 is 1.30 bits per heavy atom. The van der Waals surface area contributed by atoms with Crippen LogP contribution >= 0.6 is 11.3 Å². The zero-order valence-electron chi connectivity index (χ0n) is 10.9. The van der Waals surface area contributed by atoms with Gasteiger partial charge in [-0.25, -0.2) is 4.98 Å². The van der Waals surface area contributed by atoms with E-state index in [0.29, 0.717) is 22.7 Å². The average Bonchev–Trinajstić information content (AvgIpc) is 2.83. The lowest BCUT2D eigenvalue weighted by molar-refractivity contribution is -0.136. The molecule has 1 amide bonds. The second kappa shape index (κ2) is 6.29. The Morgan fingerprint density at radius 3 is 2.60 bits per heavy atom. The summed E-state index contributed by atoms with van der Waals surface area (Å²) < 4.78 is 0. The predicted octanol–water partition coefficient (Wildman–Crippen LogP) is 2.01. The standard InChI is InChI=1S/C14H14N2O3S/c1-9-13(20-8-16-9)14(19)15-7-11-5-3-2-4-10(11)6-12(17)18/h2-5,8H,6-7H2,1H3,(H,15,19)(H,17,18). The summed E-state index contributed by atoms with van der Waals surface area (Å²) in [6.07, 6.45) is -0.0500. The minimum absolute atomic E-state index is 0.0500. The zero-order chi connectivity index (χ0) is 14.5. The molecule has 1 heterocycles. The van der Waals surface area contributed by atoms with Crippen LogP contribution in [0.15, 0.2) is 29.8 Å². The molecular formula is C14H14N2O3S. The number of amides is 1. The molecule has 2 aromatic rings. The summed E-state index contributed by atoms with van der Waals surface area (Å²) in [5, 5.41) is 11.7. The second-order valence-corrected chi connectivity index (χ2v) is 5.14. The van der Waals surface area contributed by atoms with Crippen molar-refractivity contribution in [2.75, 3.05) is 0 Å². The quantitative estimate of drug-likeness (QED) is 0.883. The van der Waals surface area contributed by atoms with Gasteiger partial charge in [-0.2, -0.15) is 0 Å². The normalized spacial score (nSPS) is 10.2. The maximum Gasteiger partial charge on any atom is 0.307 e. The van der Waals surface area contributed by atoms with Crippen molar-refractivity contribution in [1.82, 2.24) is 10.3 Å². The topological polar surface area (TPSA) is 79.3 Å². The number of thiazole rings is 1. The SMILES string of the molecule is Cc1ncsc1C(=O)NCc1ccccc1CC(=O)O. The van der Waals surface area contributed by atoms with E-state index in [1.54, 1.807) is 24.6 Å². The highest BCUT2D eigenvalue weighted by molar-refractivity contribution is 7.11. The Morgan fingerprint density at radius 2 is 2.00 bits per heavy atom. The van der Waals surface area contributed by atoms with E-state index in [0.717, 1.165) is 5.56 Å². The van der Waals surface area contributed by atoms with Gasteiger partial charge in [0.1, 0.15) is 4.88 Å². The van der Waals surface area contributed by atoms with Gasteiger partial charge in [-0.15, -0.1) is 11.3 Å².